The van der Waals surface area contributed by atoms with Crippen molar-refractivity contribution >= 4 is 5.97 Å². The second kappa shape index (κ2) is 7.12. The number of hydrogen-bond donors (Lipinski definition) is 0. The van der Waals surface area contributed by atoms with Crippen LogP contribution in [0, 0.1) is 17.8 Å². The summed E-state index contributed by atoms with van der Waals surface area (Å²) in [7, 11) is 0. The largest absolute Gasteiger partial charge is 0.432 e. The third-order valence-corrected chi connectivity index (χ3v) is 7.51. The van der Waals surface area contributed by atoms with Gasteiger partial charge in [0.15, 0.2) is 5.60 Å². The summed E-state index contributed by atoms with van der Waals surface area (Å²) in [6.45, 7) is 2.29. The first-order valence-corrected chi connectivity index (χ1v) is 10.9. The van der Waals surface area contributed by atoms with Crippen molar-refractivity contribution in [3.8, 4) is 0 Å². The zero-order valence-corrected chi connectivity index (χ0v) is 16.6. The molecule has 1 spiro atoms. The molecule has 1 aromatic carbocycles. The molecule has 0 amide bonds. The molecule has 0 unspecified atom stereocenters. The Labute approximate surface area is 166 Å². The maximum Gasteiger partial charge on any atom is 0.308 e. The Morgan fingerprint density at radius 2 is 1.93 bits per heavy atom. The number of esters is 1. The maximum atomic E-state index is 12.2. The topological polar surface area (TPSA) is 54.0 Å². The molecular formula is C23H30O5. The van der Waals surface area contributed by atoms with Gasteiger partial charge in [-0.1, -0.05) is 37.3 Å². The van der Waals surface area contributed by atoms with Crippen molar-refractivity contribution in [2.45, 2.75) is 82.4 Å². The summed E-state index contributed by atoms with van der Waals surface area (Å²) in [4.78, 5) is 24.4. The van der Waals surface area contributed by atoms with E-state index in [0.717, 1.165) is 51.4 Å². The first kappa shape index (κ1) is 18.6. The van der Waals surface area contributed by atoms with E-state index < -0.39 is 17.7 Å². The molecule has 1 saturated carbocycles. The lowest BCUT2D eigenvalue weighted by atomic mass is 9.60. The van der Waals surface area contributed by atoms with Crippen LogP contribution in [0.3, 0.4) is 0 Å². The molecule has 4 aliphatic heterocycles. The number of carbonyl (C=O) groups excluding carboxylic acids is 1. The molecule has 5 aliphatic rings. The highest BCUT2D eigenvalue weighted by Gasteiger charge is 2.69. The van der Waals surface area contributed by atoms with Crippen molar-refractivity contribution in [3.63, 3.8) is 0 Å². The third kappa shape index (κ3) is 2.99. The third-order valence-electron chi connectivity index (χ3n) is 7.51. The van der Waals surface area contributed by atoms with Crippen LogP contribution in [0.5, 0.6) is 0 Å². The van der Waals surface area contributed by atoms with Crippen molar-refractivity contribution in [1.82, 2.24) is 0 Å². The number of fused-ring (bicyclic) bond motifs is 2. The molecule has 0 N–H and O–H groups in total. The van der Waals surface area contributed by atoms with Crippen LogP contribution in [-0.2, 0) is 30.5 Å². The number of rotatable bonds is 5. The fourth-order valence-electron chi connectivity index (χ4n) is 5.96. The van der Waals surface area contributed by atoms with Crippen molar-refractivity contribution in [2.75, 3.05) is 0 Å². The molecule has 5 fully saturated rings. The van der Waals surface area contributed by atoms with E-state index in [1.54, 1.807) is 0 Å². The molecule has 6 rings (SSSR count). The second-order valence-corrected chi connectivity index (χ2v) is 9.16. The Bertz CT molecular complexity index is 717. The SMILES string of the molecule is C[C@@H]1CC[C@H]2CC(=O)O[C@@H]3O[C@@]4(CCCCc5ccccc5)CC[C@@H]1[C@]23OO4. The molecule has 2 bridgehead atoms. The lowest BCUT2D eigenvalue weighted by molar-refractivity contribution is -0.561. The van der Waals surface area contributed by atoms with Gasteiger partial charge in [-0.25, -0.2) is 9.78 Å². The highest BCUT2D eigenvalue weighted by molar-refractivity contribution is 5.71. The second-order valence-electron chi connectivity index (χ2n) is 9.16. The van der Waals surface area contributed by atoms with Crippen LogP contribution in [0.1, 0.15) is 63.9 Å². The number of unbranched alkanes of at least 4 members (excludes halogenated alkanes) is 1. The Balaban J connectivity index is 1.30. The zero-order chi connectivity index (χ0) is 19.2. The standard InChI is InChI=1S/C23H30O5/c1-16-10-11-18-15-20(24)25-21-23(18)19(16)12-14-22(26-21,27-28-23)13-6-5-9-17-7-3-2-4-8-17/h2-4,7-8,16,18-19,21H,5-6,9-15H2,1H3/t16-,18+,19+,21-,22-,23-/m1/s1. The minimum Gasteiger partial charge on any atom is -0.432 e. The Kier molecular flexibility index (Phi) is 4.73. The normalized spacial score (nSPS) is 41.8. The summed E-state index contributed by atoms with van der Waals surface area (Å²) < 4.78 is 12.1. The van der Waals surface area contributed by atoms with Crippen molar-refractivity contribution in [3.05, 3.63) is 35.9 Å². The average Bonchev–Trinajstić information content (AvgIpc) is 2.95. The highest BCUT2D eigenvalue weighted by atomic mass is 17.3. The monoisotopic (exact) mass is 386 g/mol. The van der Waals surface area contributed by atoms with Crippen molar-refractivity contribution < 1.29 is 24.0 Å². The molecule has 5 nitrogen and oxygen atoms in total. The Hall–Kier alpha value is -1.43. The van der Waals surface area contributed by atoms with Crippen LogP contribution in [0.4, 0.5) is 0 Å². The van der Waals surface area contributed by atoms with Crippen LogP contribution in [-0.4, -0.2) is 23.6 Å². The molecule has 28 heavy (non-hydrogen) atoms. The first-order valence-electron chi connectivity index (χ1n) is 10.9. The van der Waals surface area contributed by atoms with Gasteiger partial charge in [-0.3, -0.25) is 4.79 Å². The molecule has 152 valence electrons. The number of benzene rings is 1. The maximum absolute atomic E-state index is 12.2. The van der Waals surface area contributed by atoms with E-state index in [1.165, 1.54) is 5.56 Å². The van der Waals surface area contributed by atoms with Gasteiger partial charge in [0.2, 0.25) is 12.1 Å². The number of carbonyl (C=O) groups is 1. The molecule has 1 aliphatic carbocycles. The molecule has 6 atom stereocenters. The summed E-state index contributed by atoms with van der Waals surface area (Å²) in [5, 5.41) is 0. The van der Waals surface area contributed by atoms with Gasteiger partial charge in [-0.05, 0) is 50.0 Å². The molecule has 0 radical (unpaired) electrons. The van der Waals surface area contributed by atoms with E-state index in [0.29, 0.717) is 18.3 Å². The van der Waals surface area contributed by atoms with E-state index in [4.69, 9.17) is 19.2 Å². The predicted octanol–water partition coefficient (Wildman–Crippen LogP) is 4.54. The summed E-state index contributed by atoms with van der Waals surface area (Å²) in [5.41, 5.74) is 0.737. The van der Waals surface area contributed by atoms with Crippen molar-refractivity contribution in [2.24, 2.45) is 17.8 Å². The van der Waals surface area contributed by atoms with Gasteiger partial charge in [0.05, 0.1) is 6.42 Å². The van der Waals surface area contributed by atoms with E-state index in [9.17, 15) is 4.79 Å². The minimum atomic E-state index is -0.786. The van der Waals surface area contributed by atoms with Gasteiger partial charge in [-0.15, -0.1) is 0 Å². The van der Waals surface area contributed by atoms with Crippen LogP contribution in [0.2, 0.25) is 0 Å². The van der Waals surface area contributed by atoms with Gasteiger partial charge in [0.25, 0.3) is 0 Å². The van der Waals surface area contributed by atoms with Gasteiger partial charge in [0.1, 0.15) is 0 Å². The molecule has 4 saturated heterocycles. The van der Waals surface area contributed by atoms with Gasteiger partial charge >= 0.3 is 5.97 Å². The van der Waals surface area contributed by atoms with Crippen LogP contribution >= 0.6 is 0 Å². The first-order chi connectivity index (χ1) is 13.6. The van der Waals surface area contributed by atoms with Crippen LogP contribution in [0.15, 0.2) is 30.3 Å². The van der Waals surface area contributed by atoms with E-state index in [1.807, 2.05) is 6.07 Å². The fourth-order valence-corrected chi connectivity index (χ4v) is 5.96. The van der Waals surface area contributed by atoms with E-state index >= 15 is 0 Å². The average molecular weight is 386 g/mol. The fraction of sp³-hybridized carbons (Fsp3) is 0.696. The molecule has 0 aromatic heterocycles. The molecular weight excluding hydrogens is 356 g/mol. The van der Waals surface area contributed by atoms with Crippen LogP contribution < -0.4 is 0 Å². The highest BCUT2D eigenvalue weighted by Crippen LogP contribution is 2.59. The lowest BCUT2D eigenvalue weighted by Gasteiger charge is -2.56. The Morgan fingerprint density at radius 3 is 2.79 bits per heavy atom. The minimum absolute atomic E-state index is 0.133. The van der Waals surface area contributed by atoms with E-state index in [2.05, 4.69) is 31.2 Å². The number of hydrogen-bond acceptors (Lipinski definition) is 5. The molecule has 1 aromatic rings. The van der Waals surface area contributed by atoms with E-state index in [-0.39, 0.29) is 11.9 Å². The number of aryl methyl sites for hydroxylation is 1. The van der Waals surface area contributed by atoms with Gasteiger partial charge in [0, 0.05) is 24.7 Å². The zero-order valence-electron chi connectivity index (χ0n) is 16.6. The predicted molar refractivity (Wildman–Crippen MR) is 102 cm³/mol. The smallest absolute Gasteiger partial charge is 0.308 e. The quantitative estimate of drug-likeness (QED) is 0.422. The van der Waals surface area contributed by atoms with Crippen molar-refractivity contribution in [1.29, 1.82) is 0 Å². The number of ether oxygens (including phenoxy) is 2. The van der Waals surface area contributed by atoms with Crippen LogP contribution in [0.25, 0.3) is 0 Å². The molecule has 4 heterocycles. The molecule has 5 heteroatoms. The van der Waals surface area contributed by atoms with Gasteiger partial charge in [-0.2, -0.15) is 0 Å². The van der Waals surface area contributed by atoms with Gasteiger partial charge < -0.3 is 9.47 Å². The summed E-state index contributed by atoms with van der Waals surface area (Å²) in [6.07, 6.45) is 7.54. The Morgan fingerprint density at radius 1 is 1.07 bits per heavy atom. The lowest BCUT2D eigenvalue weighted by Crippen LogP contribution is -2.68. The summed E-state index contributed by atoms with van der Waals surface area (Å²) in [6, 6.07) is 10.5. The summed E-state index contributed by atoms with van der Waals surface area (Å²) in [5.74, 6) is 0.0254. The summed E-state index contributed by atoms with van der Waals surface area (Å²) >= 11 is 0.